The molecule has 0 radical (unpaired) electrons. The number of alkyl halides is 3. The van der Waals surface area contributed by atoms with Crippen LogP contribution >= 0.6 is 27.3 Å². The minimum atomic E-state index is -4.60. The zero-order valence-corrected chi connectivity index (χ0v) is 22.8. The van der Waals surface area contributed by atoms with Gasteiger partial charge in [-0.3, -0.25) is 4.79 Å². The van der Waals surface area contributed by atoms with Crippen LogP contribution in [0.25, 0.3) is 0 Å². The molecular formula is C25H24BrF3N4O4S. The molecule has 13 heteroatoms. The molecule has 0 spiro atoms. The first-order valence-electron chi connectivity index (χ1n) is 12.0. The fourth-order valence-corrected chi connectivity index (χ4v) is 6.69. The molecule has 0 bridgehead atoms. The van der Waals surface area contributed by atoms with Gasteiger partial charge in [-0.25, -0.2) is 9.48 Å². The van der Waals surface area contributed by atoms with Crippen LogP contribution in [0.4, 0.5) is 24.0 Å². The van der Waals surface area contributed by atoms with Crippen LogP contribution in [0, 0.1) is 0 Å². The molecule has 3 aromatic rings. The topological polar surface area (TPSA) is 94.5 Å². The zero-order valence-electron chi connectivity index (χ0n) is 20.4. The zero-order chi connectivity index (χ0) is 27.2. The maximum absolute atomic E-state index is 14.1. The molecule has 0 saturated carbocycles. The Labute approximate surface area is 228 Å². The fourth-order valence-electron chi connectivity index (χ4n) is 4.86. The van der Waals surface area contributed by atoms with E-state index in [0.29, 0.717) is 28.3 Å². The lowest BCUT2D eigenvalue weighted by molar-refractivity contribution is -0.173. The van der Waals surface area contributed by atoms with Crippen molar-refractivity contribution in [3.63, 3.8) is 0 Å². The molecule has 0 unspecified atom stereocenters. The second kappa shape index (κ2) is 10.3. The number of ether oxygens (including phenoxy) is 2. The van der Waals surface area contributed by atoms with E-state index in [1.54, 1.807) is 31.2 Å². The van der Waals surface area contributed by atoms with Crippen molar-refractivity contribution in [3.8, 4) is 5.75 Å². The smallest absolute Gasteiger partial charge is 0.410 e. The normalized spacial score (nSPS) is 18.4. The molecule has 202 valence electrons. The van der Waals surface area contributed by atoms with Crippen LogP contribution in [0.3, 0.4) is 0 Å². The van der Waals surface area contributed by atoms with Gasteiger partial charge in [0, 0.05) is 11.3 Å². The van der Waals surface area contributed by atoms with Crippen molar-refractivity contribution >= 4 is 50.0 Å². The van der Waals surface area contributed by atoms with Gasteiger partial charge in [-0.05, 0) is 65.4 Å². The lowest BCUT2D eigenvalue weighted by atomic mass is 9.97. The van der Waals surface area contributed by atoms with Crippen molar-refractivity contribution in [1.29, 1.82) is 0 Å². The number of anilines is 2. The van der Waals surface area contributed by atoms with Gasteiger partial charge in [0.2, 0.25) is 0 Å². The Kier molecular flexibility index (Phi) is 7.16. The first-order chi connectivity index (χ1) is 18.1. The van der Waals surface area contributed by atoms with E-state index in [0.717, 1.165) is 28.0 Å². The number of fused-ring (bicyclic) bond motifs is 2. The Morgan fingerprint density at radius 2 is 2.00 bits per heavy atom. The second-order valence-electron chi connectivity index (χ2n) is 8.96. The van der Waals surface area contributed by atoms with E-state index in [-0.39, 0.29) is 29.0 Å². The van der Waals surface area contributed by atoms with Crippen LogP contribution in [0.5, 0.6) is 5.75 Å². The molecule has 1 aliphatic carbocycles. The molecule has 5 rings (SSSR count). The third-order valence-corrected chi connectivity index (χ3v) is 8.62. The quantitative estimate of drug-likeness (QED) is 0.318. The SMILES string of the molecule is CCOC(=O)c1c(NC(=O)c2nn3c(c2Br)N[C@H](c2ccc(OC)cc2)C[C@H]3C(F)(F)F)sc2c1CCC2. The van der Waals surface area contributed by atoms with Gasteiger partial charge in [-0.15, -0.1) is 11.3 Å². The highest BCUT2D eigenvalue weighted by atomic mass is 79.9. The second-order valence-corrected chi connectivity index (χ2v) is 10.9. The lowest BCUT2D eigenvalue weighted by Crippen LogP contribution is -2.35. The van der Waals surface area contributed by atoms with E-state index in [1.165, 1.54) is 18.4 Å². The molecule has 1 aliphatic heterocycles. The number of carbonyl (C=O) groups excluding carboxylic acids is 2. The number of hydrogen-bond donors (Lipinski definition) is 2. The van der Waals surface area contributed by atoms with Gasteiger partial charge in [-0.2, -0.15) is 18.3 Å². The van der Waals surface area contributed by atoms with E-state index in [9.17, 15) is 22.8 Å². The van der Waals surface area contributed by atoms with Crippen LogP contribution in [0.1, 0.15) is 68.7 Å². The minimum Gasteiger partial charge on any atom is -0.497 e. The number of amides is 1. The number of hydrogen-bond acceptors (Lipinski definition) is 7. The fraction of sp³-hybridized carbons (Fsp3) is 0.400. The van der Waals surface area contributed by atoms with Crippen molar-refractivity contribution in [2.24, 2.45) is 0 Å². The predicted molar refractivity (Wildman–Crippen MR) is 139 cm³/mol. The standard InChI is InChI=1S/C25H24BrF3N4O4S/c1-3-37-24(35)18-14-5-4-6-16(14)38-23(18)31-22(34)20-19(26)21-30-15(12-7-9-13(36-2)10-8-12)11-17(25(27,28)29)33(21)32-20/h7-10,15,17,30H,3-6,11H2,1-2H3,(H,31,34)/t15-,17-/m0/s1. The Balaban J connectivity index is 1.48. The van der Waals surface area contributed by atoms with E-state index in [2.05, 4.69) is 31.7 Å². The number of benzene rings is 1. The van der Waals surface area contributed by atoms with E-state index < -0.39 is 30.1 Å². The first-order valence-corrected chi connectivity index (χ1v) is 13.6. The molecule has 3 heterocycles. The summed E-state index contributed by atoms with van der Waals surface area (Å²) in [5.74, 6) is -0.632. The molecular weight excluding hydrogens is 589 g/mol. The summed E-state index contributed by atoms with van der Waals surface area (Å²) < 4.78 is 53.7. The Morgan fingerprint density at radius 1 is 1.26 bits per heavy atom. The lowest BCUT2D eigenvalue weighted by Gasteiger charge is -2.33. The number of rotatable bonds is 6. The van der Waals surface area contributed by atoms with Gasteiger partial charge in [-0.1, -0.05) is 12.1 Å². The summed E-state index contributed by atoms with van der Waals surface area (Å²) in [7, 11) is 1.51. The third-order valence-electron chi connectivity index (χ3n) is 6.66. The number of thiophene rings is 1. The summed E-state index contributed by atoms with van der Waals surface area (Å²) >= 11 is 4.59. The van der Waals surface area contributed by atoms with Crippen molar-refractivity contribution in [1.82, 2.24) is 9.78 Å². The summed E-state index contributed by atoms with van der Waals surface area (Å²) in [5, 5.41) is 10.2. The average molecular weight is 613 g/mol. The summed E-state index contributed by atoms with van der Waals surface area (Å²) in [6, 6.07) is 4.12. The monoisotopic (exact) mass is 612 g/mol. The van der Waals surface area contributed by atoms with Crippen LogP contribution in [-0.2, 0) is 17.6 Å². The maximum Gasteiger partial charge on any atom is 0.410 e. The number of esters is 1. The highest BCUT2D eigenvalue weighted by molar-refractivity contribution is 9.10. The molecule has 0 saturated heterocycles. The molecule has 0 fully saturated rings. The maximum atomic E-state index is 14.1. The molecule has 1 amide bonds. The minimum absolute atomic E-state index is 0.0452. The number of nitrogens with one attached hydrogen (secondary N) is 2. The molecule has 2 atom stereocenters. The number of nitrogens with zero attached hydrogens (tertiary/aromatic N) is 2. The average Bonchev–Trinajstić information content (AvgIpc) is 3.56. The largest absolute Gasteiger partial charge is 0.497 e. The van der Waals surface area contributed by atoms with E-state index in [4.69, 9.17) is 9.47 Å². The number of carbonyl (C=O) groups is 2. The summed E-state index contributed by atoms with van der Waals surface area (Å²) in [6.07, 6.45) is -2.53. The van der Waals surface area contributed by atoms with Gasteiger partial charge in [0.15, 0.2) is 11.7 Å². The van der Waals surface area contributed by atoms with Crippen LogP contribution in [0.2, 0.25) is 0 Å². The molecule has 1 aromatic carbocycles. The summed E-state index contributed by atoms with van der Waals surface area (Å²) in [6.45, 7) is 1.87. The van der Waals surface area contributed by atoms with Crippen LogP contribution in [-0.4, -0.2) is 41.5 Å². The van der Waals surface area contributed by atoms with Crippen molar-refractivity contribution < 1.29 is 32.2 Å². The van der Waals surface area contributed by atoms with Gasteiger partial charge < -0.3 is 20.1 Å². The van der Waals surface area contributed by atoms with E-state index >= 15 is 0 Å². The van der Waals surface area contributed by atoms with Crippen LogP contribution < -0.4 is 15.4 Å². The highest BCUT2D eigenvalue weighted by Crippen LogP contribution is 2.47. The number of aryl methyl sites for hydroxylation is 1. The van der Waals surface area contributed by atoms with Gasteiger partial charge in [0.25, 0.3) is 5.91 Å². The van der Waals surface area contributed by atoms with Crippen molar-refractivity contribution in [3.05, 3.63) is 56.0 Å². The van der Waals surface area contributed by atoms with Gasteiger partial charge in [0.1, 0.15) is 16.6 Å². The Morgan fingerprint density at radius 3 is 2.66 bits per heavy atom. The predicted octanol–water partition coefficient (Wildman–Crippen LogP) is 6.29. The van der Waals surface area contributed by atoms with Gasteiger partial charge in [0.05, 0.1) is 29.8 Å². The molecule has 2 aromatic heterocycles. The van der Waals surface area contributed by atoms with Crippen molar-refractivity contribution in [2.45, 2.75) is 50.9 Å². The van der Waals surface area contributed by atoms with E-state index in [1.807, 2.05) is 0 Å². The van der Waals surface area contributed by atoms with Gasteiger partial charge >= 0.3 is 12.1 Å². The number of methoxy groups -OCH3 is 1. The highest BCUT2D eigenvalue weighted by Gasteiger charge is 2.48. The molecule has 8 nitrogen and oxygen atoms in total. The third kappa shape index (κ3) is 4.77. The first kappa shape index (κ1) is 26.5. The Bertz CT molecular complexity index is 1390. The molecule has 2 N–H and O–H groups in total. The van der Waals surface area contributed by atoms with Crippen LogP contribution in [0.15, 0.2) is 28.7 Å². The summed E-state index contributed by atoms with van der Waals surface area (Å²) in [5.41, 5.74) is 1.58. The molecule has 2 aliphatic rings. The summed E-state index contributed by atoms with van der Waals surface area (Å²) in [4.78, 5) is 27.0. The molecule has 38 heavy (non-hydrogen) atoms. The van der Waals surface area contributed by atoms with Crippen molar-refractivity contribution in [2.75, 3.05) is 24.4 Å². The Hall–Kier alpha value is -3.06. The number of halogens is 4. The number of aromatic nitrogens is 2.